The van der Waals surface area contributed by atoms with Crippen LogP contribution in [0, 0.1) is 27.7 Å². The molecule has 0 aliphatic rings. The number of hydrogen-bond donors (Lipinski definition) is 0. The summed E-state index contributed by atoms with van der Waals surface area (Å²) in [6.07, 6.45) is 4.37. The van der Waals surface area contributed by atoms with Gasteiger partial charge in [0.25, 0.3) is 0 Å². The Bertz CT molecular complexity index is 1490. The zero-order valence-electron chi connectivity index (χ0n) is 20.4. The molecule has 3 aromatic carbocycles. The van der Waals surface area contributed by atoms with E-state index in [9.17, 15) is 0 Å². The summed E-state index contributed by atoms with van der Waals surface area (Å²) in [7, 11) is 1.80. The van der Waals surface area contributed by atoms with Gasteiger partial charge in [0.2, 0.25) is 0 Å². The van der Waals surface area contributed by atoms with Crippen LogP contribution in [0.25, 0.3) is 38.3 Å². The number of methoxy groups -OCH3 is 1. The molecule has 0 aliphatic carbocycles. The molecule has 33 heavy (non-hydrogen) atoms. The van der Waals surface area contributed by atoms with Crippen LogP contribution in [0.1, 0.15) is 41.3 Å². The summed E-state index contributed by atoms with van der Waals surface area (Å²) in [5.41, 5.74) is 9.21. The molecular formula is C29H31N3O. The summed E-state index contributed by atoms with van der Waals surface area (Å²) in [6, 6.07) is 15.3. The van der Waals surface area contributed by atoms with E-state index in [0.29, 0.717) is 0 Å². The lowest BCUT2D eigenvalue weighted by Gasteiger charge is -2.16. The van der Waals surface area contributed by atoms with Crippen molar-refractivity contribution in [2.75, 3.05) is 7.11 Å². The first-order valence-electron chi connectivity index (χ1n) is 11.7. The van der Waals surface area contributed by atoms with Gasteiger partial charge >= 0.3 is 0 Å². The molecule has 0 fully saturated rings. The minimum absolute atomic E-state index is 0.249. The Hall–Kier alpha value is -3.24. The van der Waals surface area contributed by atoms with Gasteiger partial charge in [0.15, 0.2) is 0 Å². The van der Waals surface area contributed by atoms with Crippen LogP contribution in [0.2, 0.25) is 0 Å². The molecule has 2 heterocycles. The Morgan fingerprint density at radius 1 is 0.879 bits per heavy atom. The van der Waals surface area contributed by atoms with Gasteiger partial charge in [0.05, 0.1) is 17.3 Å². The van der Waals surface area contributed by atoms with E-state index in [4.69, 9.17) is 14.8 Å². The first kappa shape index (κ1) is 21.6. The van der Waals surface area contributed by atoms with Crippen LogP contribution >= 0.6 is 0 Å². The Morgan fingerprint density at radius 2 is 1.64 bits per heavy atom. The van der Waals surface area contributed by atoms with Gasteiger partial charge in [-0.25, -0.2) is 4.68 Å². The second-order valence-corrected chi connectivity index (χ2v) is 9.23. The number of aryl methyl sites for hydroxylation is 4. The Labute approximate surface area is 195 Å². The molecule has 1 unspecified atom stereocenters. The Morgan fingerprint density at radius 3 is 2.33 bits per heavy atom. The molecule has 168 valence electrons. The van der Waals surface area contributed by atoms with E-state index in [1.165, 1.54) is 38.4 Å². The number of ether oxygens (including phenoxy) is 1. The Balaban J connectivity index is 1.75. The van der Waals surface area contributed by atoms with Gasteiger partial charge < -0.3 is 4.74 Å². The fourth-order valence-corrected chi connectivity index (χ4v) is 5.21. The van der Waals surface area contributed by atoms with Crippen LogP contribution in [-0.2, 0) is 11.2 Å². The number of pyridine rings is 1. The summed E-state index contributed by atoms with van der Waals surface area (Å²) >= 11 is 0. The van der Waals surface area contributed by atoms with Crippen LogP contribution in [0.15, 0.2) is 48.7 Å². The lowest BCUT2D eigenvalue weighted by Crippen LogP contribution is -2.13. The van der Waals surface area contributed by atoms with Crippen molar-refractivity contribution in [2.45, 2.75) is 53.6 Å². The lowest BCUT2D eigenvalue weighted by molar-refractivity contribution is 0.0998. The highest BCUT2D eigenvalue weighted by Gasteiger charge is 2.17. The maximum Gasteiger partial charge on any atom is 0.103 e. The average molecular weight is 438 g/mol. The molecule has 4 nitrogen and oxygen atoms in total. The van der Waals surface area contributed by atoms with Crippen LogP contribution in [-0.4, -0.2) is 28.0 Å². The maximum atomic E-state index is 5.61. The van der Waals surface area contributed by atoms with Gasteiger partial charge in [-0.2, -0.15) is 5.10 Å². The highest BCUT2D eigenvalue weighted by atomic mass is 16.5. The highest BCUT2D eigenvalue weighted by Crippen LogP contribution is 2.36. The van der Waals surface area contributed by atoms with E-state index in [1.54, 1.807) is 7.11 Å². The zero-order valence-corrected chi connectivity index (χ0v) is 20.4. The van der Waals surface area contributed by atoms with E-state index in [-0.39, 0.29) is 6.10 Å². The molecule has 0 aliphatic heterocycles. The van der Waals surface area contributed by atoms with E-state index >= 15 is 0 Å². The lowest BCUT2D eigenvalue weighted by atomic mass is 9.98. The number of hydrogen-bond acceptors (Lipinski definition) is 3. The SMILES string of the molecule is CCC(Cc1cc(C)c(-n2cc3c4cccc(C)c4c4nc(C)ccc4c3n2)c(C)c1)OC. The third-order valence-corrected chi connectivity index (χ3v) is 6.84. The van der Waals surface area contributed by atoms with Crippen molar-refractivity contribution in [2.24, 2.45) is 0 Å². The minimum atomic E-state index is 0.249. The van der Waals surface area contributed by atoms with Crippen molar-refractivity contribution in [1.82, 2.24) is 14.8 Å². The average Bonchev–Trinajstić information content (AvgIpc) is 3.22. The highest BCUT2D eigenvalue weighted by molar-refractivity contribution is 6.23. The van der Waals surface area contributed by atoms with Crippen molar-refractivity contribution in [3.05, 3.63) is 76.6 Å². The molecular weight excluding hydrogens is 406 g/mol. The third-order valence-electron chi connectivity index (χ3n) is 6.84. The first-order chi connectivity index (χ1) is 15.9. The monoisotopic (exact) mass is 437 g/mol. The number of benzene rings is 3. The second-order valence-electron chi connectivity index (χ2n) is 9.23. The number of rotatable bonds is 5. The number of fused-ring (bicyclic) bond motifs is 6. The standard InChI is InChI=1S/C29H31N3O/c1-7-22(33-6)15-21-13-18(3)29(19(4)14-21)32-16-25-23-10-8-9-17(2)26(23)28-24(27(25)31-32)12-11-20(5)30-28/h8-14,16,22H,7,15H2,1-6H3. The zero-order chi connectivity index (χ0) is 23.3. The van der Waals surface area contributed by atoms with Gasteiger partial charge in [0.1, 0.15) is 5.52 Å². The summed E-state index contributed by atoms with van der Waals surface area (Å²) in [6.45, 7) is 10.7. The quantitative estimate of drug-likeness (QED) is 0.280. The van der Waals surface area contributed by atoms with Crippen molar-refractivity contribution < 1.29 is 4.74 Å². The molecule has 0 radical (unpaired) electrons. The summed E-state index contributed by atoms with van der Waals surface area (Å²) < 4.78 is 7.68. The van der Waals surface area contributed by atoms with E-state index < -0.39 is 0 Å². The van der Waals surface area contributed by atoms with Gasteiger partial charge in [-0.3, -0.25) is 4.98 Å². The van der Waals surface area contributed by atoms with Gasteiger partial charge in [-0.05, 0) is 80.3 Å². The van der Waals surface area contributed by atoms with Crippen molar-refractivity contribution >= 4 is 32.6 Å². The molecule has 0 bridgehead atoms. The number of nitrogens with zero attached hydrogens (tertiary/aromatic N) is 3. The molecule has 5 aromatic rings. The molecule has 5 rings (SSSR count). The van der Waals surface area contributed by atoms with Crippen molar-refractivity contribution in [3.8, 4) is 5.69 Å². The van der Waals surface area contributed by atoms with Crippen molar-refractivity contribution in [1.29, 1.82) is 0 Å². The number of aromatic nitrogens is 3. The molecule has 0 saturated carbocycles. The van der Waals surface area contributed by atoms with Crippen LogP contribution in [0.4, 0.5) is 0 Å². The van der Waals surface area contributed by atoms with E-state index in [1.807, 2.05) is 6.92 Å². The molecule has 0 amide bonds. The molecule has 4 heteroatoms. The third kappa shape index (κ3) is 3.59. The summed E-state index contributed by atoms with van der Waals surface area (Å²) in [4.78, 5) is 4.93. The van der Waals surface area contributed by atoms with Crippen molar-refractivity contribution in [3.63, 3.8) is 0 Å². The van der Waals surface area contributed by atoms with Gasteiger partial charge in [0, 0.05) is 35.2 Å². The Kier molecular flexibility index (Phi) is 5.41. The predicted molar refractivity (Wildman–Crippen MR) is 138 cm³/mol. The fraction of sp³-hybridized carbons (Fsp3) is 0.310. The van der Waals surface area contributed by atoms with Gasteiger partial charge in [-0.1, -0.05) is 37.3 Å². The normalized spacial score (nSPS) is 12.8. The molecule has 0 N–H and O–H groups in total. The van der Waals surface area contributed by atoms with Gasteiger partial charge in [-0.15, -0.1) is 0 Å². The van der Waals surface area contributed by atoms with E-state index in [0.717, 1.165) is 40.6 Å². The first-order valence-corrected chi connectivity index (χ1v) is 11.7. The van der Waals surface area contributed by atoms with Crippen LogP contribution in [0.5, 0.6) is 0 Å². The fourth-order valence-electron chi connectivity index (χ4n) is 5.21. The molecule has 1 atom stereocenters. The summed E-state index contributed by atoms with van der Waals surface area (Å²) in [5.74, 6) is 0. The van der Waals surface area contributed by atoms with E-state index in [2.05, 4.69) is 81.0 Å². The van der Waals surface area contributed by atoms with Crippen LogP contribution < -0.4 is 0 Å². The maximum absolute atomic E-state index is 5.61. The largest absolute Gasteiger partial charge is 0.381 e. The molecule has 0 saturated heterocycles. The van der Waals surface area contributed by atoms with Crippen LogP contribution in [0.3, 0.4) is 0 Å². The topological polar surface area (TPSA) is 39.9 Å². The summed E-state index contributed by atoms with van der Waals surface area (Å²) in [5, 5.41) is 9.82. The second kappa shape index (κ2) is 8.27. The molecule has 2 aromatic heterocycles. The molecule has 0 spiro atoms. The minimum Gasteiger partial charge on any atom is -0.381 e. The predicted octanol–water partition coefficient (Wildman–Crippen LogP) is 6.93. The smallest absolute Gasteiger partial charge is 0.103 e.